The Labute approximate surface area is 121 Å². The lowest BCUT2D eigenvalue weighted by atomic mass is 10.0. The van der Waals surface area contributed by atoms with Crippen LogP contribution in [0.5, 0.6) is 0 Å². The summed E-state index contributed by atoms with van der Waals surface area (Å²) in [5, 5.41) is 3.24. The molecule has 0 atom stereocenters. The molecule has 0 amide bonds. The molecular weight excluding hydrogens is 244 g/mol. The average molecular weight is 266 g/mol. The van der Waals surface area contributed by atoms with Crippen LogP contribution in [0.3, 0.4) is 0 Å². The van der Waals surface area contributed by atoms with E-state index in [1.165, 1.54) is 22.3 Å². The first-order chi connectivity index (χ1) is 9.86. The Morgan fingerprint density at radius 2 is 1.50 bits per heavy atom. The maximum atomic E-state index is 3.24. The lowest BCUT2D eigenvalue weighted by molar-refractivity contribution is 0.274. The van der Waals surface area contributed by atoms with Gasteiger partial charge in [0.25, 0.3) is 0 Å². The van der Waals surface area contributed by atoms with Crippen LogP contribution in [0, 0.1) is 0 Å². The van der Waals surface area contributed by atoms with Gasteiger partial charge >= 0.3 is 0 Å². The molecule has 0 bridgehead atoms. The van der Waals surface area contributed by atoms with Gasteiger partial charge < -0.3 is 5.32 Å². The van der Waals surface area contributed by atoms with E-state index in [1.54, 1.807) is 0 Å². The van der Waals surface area contributed by atoms with Crippen molar-refractivity contribution in [2.24, 2.45) is 0 Å². The minimum Gasteiger partial charge on any atom is -0.319 e. The van der Waals surface area contributed by atoms with E-state index in [4.69, 9.17) is 0 Å². The number of hydrogen-bond donors (Lipinski definition) is 1. The molecule has 2 aromatic carbocycles. The largest absolute Gasteiger partial charge is 0.319 e. The van der Waals surface area contributed by atoms with Crippen LogP contribution in [0.4, 0.5) is 0 Å². The van der Waals surface area contributed by atoms with Crippen LogP contribution in [0.15, 0.2) is 48.5 Å². The molecule has 2 nitrogen and oxygen atoms in total. The maximum absolute atomic E-state index is 3.24. The molecule has 0 spiro atoms. The number of likely N-dealkylation sites (N-methyl/N-ethyl adjacent to an activating group) is 1. The normalized spacial score (nSPS) is 14.4. The van der Waals surface area contributed by atoms with Crippen molar-refractivity contribution < 1.29 is 0 Å². The van der Waals surface area contributed by atoms with Gasteiger partial charge in [0.2, 0.25) is 0 Å². The quantitative estimate of drug-likeness (QED) is 0.895. The highest BCUT2D eigenvalue weighted by Gasteiger charge is 2.18. The van der Waals surface area contributed by atoms with Gasteiger partial charge in [0.1, 0.15) is 0 Å². The third-order valence-corrected chi connectivity index (χ3v) is 4.06. The molecule has 1 N–H and O–H groups in total. The molecule has 3 rings (SSSR count). The monoisotopic (exact) mass is 266 g/mol. The molecule has 0 radical (unpaired) electrons. The van der Waals surface area contributed by atoms with Crippen molar-refractivity contribution in [1.29, 1.82) is 0 Å². The number of hydrogen-bond acceptors (Lipinski definition) is 2. The summed E-state index contributed by atoms with van der Waals surface area (Å²) in [6, 6.07) is 17.6. The standard InChI is InChI=1S/C18H22N2/c1-19-11-10-15-6-2-3-7-16(15)12-20-13-17-8-4-5-9-18(17)14-20/h2-9,19H,10-14H2,1H3. The third kappa shape index (κ3) is 2.92. The van der Waals surface area contributed by atoms with E-state index >= 15 is 0 Å². The van der Waals surface area contributed by atoms with Crippen LogP contribution >= 0.6 is 0 Å². The highest BCUT2D eigenvalue weighted by molar-refractivity contribution is 5.32. The van der Waals surface area contributed by atoms with Gasteiger partial charge in [0.15, 0.2) is 0 Å². The Hall–Kier alpha value is -1.64. The minimum atomic E-state index is 1.04. The van der Waals surface area contributed by atoms with E-state index in [-0.39, 0.29) is 0 Å². The highest BCUT2D eigenvalue weighted by Crippen LogP contribution is 2.24. The van der Waals surface area contributed by atoms with E-state index < -0.39 is 0 Å². The summed E-state index contributed by atoms with van der Waals surface area (Å²) in [5.74, 6) is 0. The lowest BCUT2D eigenvalue weighted by Gasteiger charge is -2.17. The Bertz CT molecular complexity index is 552. The zero-order chi connectivity index (χ0) is 13.8. The first-order valence-electron chi connectivity index (χ1n) is 7.37. The molecule has 0 saturated carbocycles. The van der Waals surface area contributed by atoms with Crippen LogP contribution in [0.25, 0.3) is 0 Å². The van der Waals surface area contributed by atoms with Crippen LogP contribution in [0.2, 0.25) is 0 Å². The van der Waals surface area contributed by atoms with Gasteiger partial charge in [-0.05, 0) is 42.3 Å². The van der Waals surface area contributed by atoms with Gasteiger partial charge in [-0.25, -0.2) is 0 Å². The predicted octanol–water partition coefficient (Wildman–Crippen LogP) is 2.96. The van der Waals surface area contributed by atoms with Crippen molar-refractivity contribution in [3.05, 3.63) is 70.8 Å². The molecule has 0 unspecified atom stereocenters. The second kappa shape index (κ2) is 6.21. The zero-order valence-electron chi connectivity index (χ0n) is 12.1. The van der Waals surface area contributed by atoms with Crippen molar-refractivity contribution in [2.75, 3.05) is 13.6 Å². The van der Waals surface area contributed by atoms with E-state index in [0.717, 1.165) is 32.6 Å². The molecule has 104 valence electrons. The number of rotatable bonds is 5. The van der Waals surface area contributed by atoms with Gasteiger partial charge in [-0.2, -0.15) is 0 Å². The molecular formula is C18H22N2. The van der Waals surface area contributed by atoms with Crippen LogP contribution in [-0.4, -0.2) is 18.5 Å². The van der Waals surface area contributed by atoms with Crippen molar-refractivity contribution in [2.45, 2.75) is 26.1 Å². The van der Waals surface area contributed by atoms with Gasteiger partial charge in [-0.3, -0.25) is 4.90 Å². The van der Waals surface area contributed by atoms with E-state index in [9.17, 15) is 0 Å². The van der Waals surface area contributed by atoms with Crippen LogP contribution in [-0.2, 0) is 26.1 Å². The Balaban J connectivity index is 1.70. The minimum absolute atomic E-state index is 1.04. The van der Waals surface area contributed by atoms with E-state index in [0.29, 0.717) is 0 Å². The zero-order valence-corrected chi connectivity index (χ0v) is 12.1. The Morgan fingerprint density at radius 3 is 2.15 bits per heavy atom. The molecule has 0 aliphatic carbocycles. The maximum Gasteiger partial charge on any atom is 0.0244 e. The van der Waals surface area contributed by atoms with Crippen molar-refractivity contribution >= 4 is 0 Å². The second-order valence-corrected chi connectivity index (χ2v) is 5.54. The average Bonchev–Trinajstić information content (AvgIpc) is 2.88. The van der Waals surface area contributed by atoms with Crippen LogP contribution < -0.4 is 5.32 Å². The van der Waals surface area contributed by atoms with E-state index in [1.807, 2.05) is 7.05 Å². The SMILES string of the molecule is CNCCc1ccccc1CN1Cc2ccccc2C1. The second-order valence-electron chi connectivity index (χ2n) is 5.54. The number of benzene rings is 2. The molecule has 0 aromatic heterocycles. The third-order valence-electron chi connectivity index (χ3n) is 4.06. The summed E-state index contributed by atoms with van der Waals surface area (Å²) in [6.45, 7) is 4.25. The van der Waals surface area contributed by atoms with Crippen molar-refractivity contribution in [3.63, 3.8) is 0 Å². The summed E-state index contributed by atoms with van der Waals surface area (Å²) >= 11 is 0. The van der Waals surface area contributed by atoms with E-state index in [2.05, 4.69) is 58.7 Å². The van der Waals surface area contributed by atoms with Gasteiger partial charge in [-0.1, -0.05) is 48.5 Å². The van der Waals surface area contributed by atoms with Gasteiger partial charge in [-0.15, -0.1) is 0 Å². The van der Waals surface area contributed by atoms with Gasteiger partial charge in [0, 0.05) is 19.6 Å². The molecule has 2 aromatic rings. The molecule has 0 fully saturated rings. The van der Waals surface area contributed by atoms with Gasteiger partial charge in [0.05, 0.1) is 0 Å². The molecule has 20 heavy (non-hydrogen) atoms. The summed E-state index contributed by atoms with van der Waals surface area (Å²) in [4.78, 5) is 2.53. The fourth-order valence-electron chi connectivity index (χ4n) is 2.97. The smallest absolute Gasteiger partial charge is 0.0244 e. The number of nitrogens with one attached hydrogen (secondary N) is 1. The van der Waals surface area contributed by atoms with Crippen LogP contribution in [0.1, 0.15) is 22.3 Å². The highest BCUT2D eigenvalue weighted by atomic mass is 15.1. The molecule has 1 aliphatic heterocycles. The number of fused-ring (bicyclic) bond motifs is 1. The lowest BCUT2D eigenvalue weighted by Crippen LogP contribution is -2.18. The fourth-order valence-corrected chi connectivity index (χ4v) is 2.97. The molecule has 2 heteroatoms. The summed E-state index contributed by atoms with van der Waals surface area (Å²) < 4.78 is 0. The summed E-state index contributed by atoms with van der Waals surface area (Å²) in [7, 11) is 2.01. The fraction of sp³-hybridized carbons (Fsp3) is 0.333. The van der Waals surface area contributed by atoms with Crippen molar-refractivity contribution in [1.82, 2.24) is 10.2 Å². The molecule has 1 aliphatic rings. The molecule has 0 saturated heterocycles. The summed E-state index contributed by atoms with van der Waals surface area (Å²) in [5.41, 5.74) is 5.91. The predicted molar refractivity (Wildman–Crippen MR) is 83.5 cm³/mol. The Kier molecular flexibility index (Phi) is 4.14. The summed E-state index contributed by atoms with van der Waals surface area (Å²) in [6.07, 6.45) is 1.10. The first-order valence-corrected chi connectivity index (χ1v) is 7.37. The topological polar surface area (TPSA) is 15.3 Å². The molecule has 1 heterocycles. The first kappa shape index (κ1) is 13.3. The Morgan fingerprint density at radius 1 is 0.900 bits per heavy atom. The number of nitrogens with zero attached hydrogens (tertiary/aromatic N) is 1. The van der Waals surface area contributed by atoms with Crippen molar-refractivity contribution in [3.8, 4) is 0 Å².